The molecule has 0 aromatic carbocycles. The van der Waals surface area contributed by atoms with Crippen LogP contribution in [-0.2, 0) is 17.6 Å². The molecule has 1 heterocycles. The predicted molar refractivity (Wildman–Crippen MR) is 70.6 cm³/mol. The van der Waals surface area contributed by atoms with Crippen molar-refractivity contribution >= 4 is 22.3 Å². The van der Waals surface area contributed by atoms with Crippen molar-refractivity contribution in [2.75, 3.05) is 12.3 Å². The van der Waals surface area contributed by atoms with Gasteiger partial charge in [0, 0.05) is 4.88 Å². The molecular formula is C13H19NO2S. The minimum atomic E-state index is -0.233. The Morgan fingerprint density at radius 2 is 2.12 bits per heavy atom. The second kappa shape index (κ2) is 5.54. The fourth-order valence-corrected chi connectivity index (χ4v) is 3.40. The van der Waals surface area contributed by atoms with Crippen LogP contribution in [0.5, 0.6) is 0 Å². The largest absolute Gasteiger partial charge is 0.462 e. The third-order valence-corrected chi connectivity index (χ3v) is 4.21. The van der Waals surface area contributed by atoms with Gasteiger partial charge in [0.05, 0.1) is 12.2 Å². The van der Waals surface area contributed by atoms with Gasteiger partial charge < -0.3 is 10.5 Å². The van der Waals surface area contributed by atoms with Gasteiger partial charge in [-0.3, -0.25) is 0 Å². The lowest BCUT2D eigenvalue weighted by molar-refractivity contribution is 0.0505. The molecule has 1 aliphatic carbocycles. The second-order valence-corrected chi connectivity index (χ2v) is 5.58. The number of carbonyl (C=O) groups excluding carboxylic acids is 1. The van der Waals surface area contributed by atoms with Crippen LogP contribution in [0.3, 0.4) is 0 Å². The summed E-state index contributed by atoms with van der Waals surface area (Å²) >= 11 is 1.57. The van der Waals surface area contributed by atoms with Crippen LogP contribution >= 0.6 is 11.3 Å². The third kappa shape index (κ3) is 2.63. The van der Waals surface area contributed by atoms with Crippen molar-refractivity contribution in [1.82, 2.24) is 0 Å². The summed E-state index contributed by atoms with van der Waals surface area (Å²) in [6.45, 7) is 2.47. The van der Waals surface area contributed by atoms with Crippen LogP contribution in [0, 0.1) is 0 Å². The van der Waals surface area contributed by atoms with Crippen molar-refractivity contribution in [3.8, 4) is 0 Å². The lowest BCUT2D eigenvalue weighted by Gasteiger charge is -2.05. The molecule has 3 nitrogen and oxygen atoms in total. The number of anilines is 1. The predicted octanol–water partition coefficient (Wildman–Crippen LogP) is 3.17. The van der Waals surface area contributed by atoms with Gasteiger partial charge >= 0.3 is 5.97 Å². The van der Waals surface area contributed by atoms with E-state index in [0.717, 1.165) is 31.2 Å². The summed E-state index contributed by atoms with van der Waals surface area (Å²) in [5, 5.41) is 0.637. The van der Waals surface area contributed by atoms with Gasteiger partial charge in [0.1, 0.15) is 5.00 Å². The quantitative estimate of drug-likeness (QED) is 0.665. The average molecular weight is 253 g/mol. The van der Waals surface area contributed by atoms with Crippen molar-refractivity contribution in [2.24, 2.45) is 0 Å². The first-order valence-electron chi connectivity index (χ1n) is 6.31. The lowest BCUT2D eigenvalue weighted by Crippen LogP contribution is -2.09. The molecule has 0 amide bonds. The molecule has 1 aromatic heterocycles. The zero-order valence-corrected chi connectivity index (χ0v) is 11.1. The maximum Gasteiger partial charge on any atom is 0.341 e. The monoisotopic (exact) mass is 253 g/mol. The number of rotatable bonds is 3. The van der Waals surface area contributed by atoms with E-state index in [2.05, 4.69) is 0 Å². The van der Waals surface area contributed by atoms with Crippen molar-refractivity contribution in [2.45, 2.75) is 45.4 Å². The smallest absolute Gasteiger partial charge is 0.341 e. The number of nitrogen functional groups attached to an aromatic ring is 1. The minimum absolute atomic E-state index is 0.233. The minimum Gasteiger partial charge on any atom is -0.462 e. The number of nitrogens with two attached hydrogens (primary N) is 1. The molecule has 0 saturated heterocycles. The highest BCUT2D eigenvalue weighted by molar-refractivity contribution is 7.16. The van der Waals surface area contributed by atoms with Crippen molar-refractivity contribution in [3.63, 3.8) is 0 Å². The number of ether oxygens (including phenoxy) is 1. The molecule has 1 aliphatic rings. The molecule has 94 valence electrons. The van der Waals surface area contributed by atoms with Gasteiger partial charge in [0.25, 0.3) is 0 Å². The number of aryl methyl sites for hydroxylation is 1. The Morgan fingerprint density at radius 3 is 2.88 bits per heavy atom. The van der Waals surface area contributed by atoms with Gasteiger partial charge in [-0.2, -0.15) is 0 Å². The molecule has 0 radical (unpaired) electrons. The Morgan fingerprint density at radius 1 is 1.35 bits per heavy atom. The van der Waals surface area contributed by atoms with E-state index in [1.807, 2.05) is 6.92 Å². The normalized spacial score (nSPS) is 15.1. The number of hydrogen-bond acceptors (Lipinski definition) is 4. The first-order valence-corrected chi connectivity index (χ1v) is 7.12. The third-order valence-electron chi connectivity index (χ3n) is 3.09. The summed E-state index contributed by atoms with van der Waals surface area (Å²) in [6.07, 6.45) is 6.47. The maximum absolute atomic E-state index is 12.0. The van der Waals surface area contributed by atoms with Gasteiger partial charge in [-0.15, -0.1) is 11.3 Å². The molecule has 0 saturated carbocycles. The molecule has 17 heavy (non-hydrogen) atoms. The fourth-order valence-electron chi connectivity index (χ4n) is 2.25. The van der Waals surface area contributed by atoms with Crippen LogP contribution < -0.4 is 5.73 Å². The van der Waals surface area contributed by atoms with Crippen molar-refractivity contribution < 1.29 is 9.53 Å². The summed E-state index contributed by atoms with van der Waals surface area (Å²) in [7, 11) is 0. The first kappa shape index (κ1) is 12.4. The van der Waals surface area contributed by atoms with Crippen LogP contribution in [-0.4, -0.2) is 12.6 Å². The van der Waals surface area contributed by atoms with Gasteiger partial charge in [-0.1, -0.05) is 13.3 Å². The fraction of sp³-hybridized carbons (Fsp3) is 0.615. The van der Waals surface area contributed by atoms with Crippen LogP contribution in [0.15, 0.2) is 0 Å². The molecule has 2 N–H and O–H groups in total. The Labute approximate surface area is 106 Å². The van der Waals surface area contributed by atoms with Crippen LogP contribution in [0.1, 0.15) is 53.4 Å². The molecule has 0 bridgehead atoms. The van der Waals surface area contributed by atoms with Gasteiger partial charge in [0.2, 0.25) is 0 Å². The highest BCUT2D eigenvalue weighted by Crippen LogP contribution is 2.35. The van der Waals surface area contributed by atoms with E-state index in [9.17, 15) is 4.79 Å². The lowest BCUT2D eigenvalue weighted by atomic mass is 10.1. The number of esters is 1. The van der Waals surface area contributed by atoms with E-state index in [-0.39, 0.29) is 5.97 Å². The van der Waals surface area contributed by atoms with Gasteiger partial charge in [-0.25, -0.2) is 4.79 Å². The Balaban J connectivity index is 2.26. The Kier molecular flexibility index (Phi) is 4.05. The number of thiophene rings is 1. The summed E-state index contributed by atoms with van der Waals surface area (Å²) < 4.78 is 5.21. The van der Waals surface area contributed by atoms with Crippen LogP contribution in [0.25, 0.3) is 0 Å². The summed E-state index contributed by atoms with van der Waals surface area (Å²) in [6, 6.07) is 0. The van der Waals surface area contributed by atoms with Crippen LogP contribution in [0.4, 0.5) is 5.00 Å². The van der Waals surface area contributed by atoms with Gasteiger partial charge in [-0.05, 0) is 37.7 Å². The molecular weight excluding hydrogens is 234 g/mol. The number of fused-ring (bicyclic) bond motifs is 1. The van der Waals surface area contributed by atoms with Crippen LogP contribution in [0.2, 0.25) is 0 Å². The van der Waals surface area contributed by atoms with E-state index in [0.29, 0.717) is 17.2 Å². The molecule has 0 unspecified atom stereocenters. The highest BCUT2D eigenvalue weighted by atomic mass is 32.1. The summed E-state index contributed by atoms with van der Waals surface area (Å²) in [5.41, 5.74) is 7.77. The van der Waals surface area contributed by atoms with E-state index in [1.54, 1.807) is 11.3 Å². The molecule has 0 fully saturated rings. The topological polar surface area (TPSA) is 52.3 Å². The molecule has 0 atom stereocenters. The maximum atomic E-state index is 12.0. The number of carbonyl (C=O) groups is 1. The molecule has 2 rings (SSSR count). The first-order chi connectivity index (χ1) is 8.24. The standard InChI is InChI=1S/C13H19NO2S/c1-2-8-16-13(15)11-9-6-4-3-5-7-10(9)17-12(11)14/h2-8,14H2,1H3. The Bertz CT molecular complexity index is 412. The van der Waals surface area contributed by atoms with Gasteiger partial charge in [0.15, 0.2) is 0 Å². The molecule has 1 aromatic rings. The molecule has 0 aliphatic heterocycles. The molecule has 0 spiro atoms. The number of hydrogen-bond donors (Lipinski definition) is 1. The van der Waals surface area contributed by atoms with E-state index < -0.39 is 0 Å². The Hall–Kier alpha value is -1.03. The zero-order valence-electron chi connectivity index (χ0n) is 10.3. The highest BCUT2D eigenvalue weighted by Gasteiger charge is 2.24. The summed E-state index contributed by atoms with van der Waals surface area (Å²) in [4.78, 5) is 13.3. The van der Waals surface area contributed by atoms with Crippen molar-refractivity contribution in [1.29, 1.82) is 0 Å². The molecule has 4 heteroatoms. The van der Waals surface area contributed by atoms with E-state index in [1.165, 1.54) is 17.7 Å². The van der Waals surface area contributed by atoms with E-state index >= 15 is 0 Å². The average Bonchev–Trinajstić information content (AvgIpc) is 2.49. The summed E-state index contributed by atoms with van der Waals surface area (Å²) in [5.74, 6) is -0.233. The SMILES string of the molecule is CCCOC(=O)c1c(N)sc2c1CCCCC2. The van der Waals surface area contributed by atoms with E-state index in [4.69, 9.17) is 10.5 Å². The van der Waals surface area contributed by atoms with Crippen molar-refractivity contribution in [3.05, 3.63) is 16.0 Å². The zero-order chi connectivity index (χ0) is 12.3. The second-order valence-electron chi connectivity index (χ2n) is 4.44.